The molecule has 0 bridgehead atoms. The maximum absolute atomic E-state index is 5.44. The van der Waals surface area contributed by atoms with Crippen molar-refractivity contribution in [1.29, 1.82) is 0 Å². The summed E-state index contributed by atoms with van der Waals surface area (Å²) in [6.07, 6.45) is 4.04. The molecule has 1 aromatic carbocycles. The van der Waals surface area contributed by atoms with E-state index < -0.39 is 0 Å². The van der Waals surface area contributed by atoms with Crippen LogP contribution in [-0.2, 0) is 6.54 Å². The summed E-state index contributed by atoms with van der Waals surface area (Å²) >= 11 is 1.82. The Hall–Kier alpha value is -2.44. The van der Waals surface area contributed by atoms with Crippen molar-refractivity contribution in [1.82, 2.24) is 10.1 Å². The number of likely N-dealkylation sites (tertiary alicyclic amines) is 1. The molecule has 3 aromatic heterocycles. The lowest BCUT2D eigenvalue weighted by Crippen LogP contribution is -3.09. The molecule has 126 valence electrons. The molecule has 1 aliphatic heterocycles. The number of hydrogen-bond donors (Lipinski definition) is 1. The molecule has 0 saturated carbocycles. The van der Waals surface area contributed by atoms with Gasteiger partial charge in [0, 0.05) is 18.9 Å². The minimum atomic E-state index is 0.446. The van der Waals surface area contributed by atoms with Crippen LogP contribution in [0.1, 0.15) is 29.6 Å². The number of nitrogens with one attached hydrogen (secondary N) is 1. The van der Waals surface area contributed by atoms with Gasteiger partial charge in [-0.2, -0.15) is 0 Å². The third-order valence-electron chi connectivity index (χ3n) is 4.82. The second kappa shape index (κ2) is 6.13. The Morgan fingerprint density at radius 3 is 3.00 bits per heavy atom. The van der Waals surface area contributed by atoms with Crippen molar-refractivity contribution in [2.24, 2.45) is 0 Å². The van der Waals surface area contributed by atoms with Gasteiger partial charge in [-0.15, -0.1) is 11.3 Å². The maximum Gasteiger partial charge on any atom is 0.202 e. The normalized spacial score (nSPS) is 20.5. The molecule has 2 atom stereocenters. The van der Waals surface area contributed by atoms with Gasteiger partial charge in [0.05, 0.1) is 23.0 Å². The summed E-state index contributed by atoms with van der Waals surface area (Å²) in [5, 5.41) is 5.47. The monoisotopic (exact) mass is 352 g/mol. The van der Waals surface area contributed by atoms with Crippen molar-refractivity contribution in [3.8, 4) is 11.5 Å². The van der Waals surface area contributed by atoms with E-state index in [4.69, 9.17) is 13.9 Å². The number of nitrogens with zero attached hydrogens (tertiary/aromatic N) is 2. The molecule has 0 amide bonds. The SMILES string of the molecule is c1coc(-c2cc(C[NH+]3CCC[C@@H]3c3nc4ccccc4s3)no2)c1. The highest BCUT2D eigenvalue weighted by Gasteiger charge is 2.33. The van der Waals surface area contributed by atoms with Crippen molar-refractivity contribution in [3.63, 3.8) is 0 Å². The van der Waals surface area contributed by atoms with E-state index in [0.29, 0.717) is 11.8 Å². The Balaban J connectivity index is 1.38. The molecular formula is C19H18N3O2S+. The predicted octanol–water partition coefficient (Wildman–Crippen LogP) is 3.46. The Labute approximate surface area is 148 Å². The molecule has 1 unspecified atom stereocenters. The third kappa shape index (κ3) is 2.77. The predicted molar refractivity (Wildman–Crippen MR) is 95.3 cm³/mol. The highest BCUT2D eigenvalue weighted by Crippen LogP contribution is 2.29. The molecule has 0 spiro atoms. The number of thiazole rings is 1. The molecule has 0 radical (unpaired) electrons. The van der Waals surface area contributed by atoms with Gasteiger partial charge in [0.2, 0.25) is 5.76 Å². The van der Waals surface area contributed by atoms with Crippen LogP contribution in [0.3, 0.4) is 0 Å². The van der Waals surface area contributed by atoms with Crippen molar-refractivity contribution < 1.29 is 13.8 Å². The van der Waals surface area contributed by atoms with Crippen LogP contribution >= 0.6 is 11.3 Å². The summed E-state index contributed by atoms with van der Waals surface area (Å²) in [5.74, 6) is 1.41. The summed E-state index contributed by atoms with van der Waals surface area (Å²) in [4.78, 5) is 6.38. The quantitative estimate of drug-likeness (QED) is 0.611. The van der Waals surface area contributed by atoms with Gasteiger partial charge < -0.3 is 13.8 Å². The van der Waals surface area contributed by atoms with Gasteiger partial charge in [-0.25, -0.2) is 4.98 Å². The van der Waals surface area contributed by atoms with Crippen molar-refractivity contribution in [2.75, 3.05) is 6.54 Å². The van der Waals surface area contributed by atoms with Crippen molar-refractivity contribution in [2.45, 2.75) is 25.4 Å². The molecule has 4 aromatic rings. The number of quaternary nitrogens is 1. The molecule has 1 N–H and O–H groups in total. The van der Waals surface area contributed by atoms with Crippen LogP contribution in [0.4, 0.5) is 0 Å². The summed E-state index contributed by atoms with van der Waals surface area (Å²) in [7, 11) is 0. The lowest BCUT2D eigenvalue weighted by atomic mass is 10.2. The van der Waals surface area contributed by atoms with Crippen LogP contribution in [0.15, 0.2) is 57.7 Å². The van der Waals surface area contributed by atoms with Crippen LogP contribution in [0.5, 0.6) is 0 Å². The van der Waals surface area contributed by atoms with Crippen LogP contribution in [0.25, 0.3) is 21.7 Å². The topological polar surface area (TPSA) is 56.5 Å². The maximum atomic E-state index is 5.44. The Morgan fingerprint density at radius 1 is 1.16 bits per heavy atom. The molecule has 5 nitrogen and oxygen atoms in total. The molecule has 5 rings (SSSR count). The second-order valence-electron chi connectivity index (χ2n) is 6.46. The molecule has 1 saturated heterocycles. The summed E-state index contributed by atoms with van der Waals surface area (Å²) in [5.41, 5.74) is 2.07. The van der Waals surface area contributed by atoms with Gasteiger partial charge in [0.15, 0.2) is 10.8 Å². The van der Waals surface area contributed by atoms with Gasteiger partial charge in [-0.1, -0.05) is 17.3 Å². The number of rotatable bonds is 4. The zero-order valence-electron chi connectivity index (χ0n) is 13.6. The van der Waals surface area contributed by atoms with Gasteiger partial charge in [0.1, 0.15) is 18.3 Å². The van der Waals surface area contributed by atoms with Crippen molar-refractivity contribution >= 4 is 21.6 Å². The fourth-order valence-corrected chi connectivity index (χ4v) is 4.78. The summed E-state index contributed by atoms with van der Waals surface area (Å²) in [6.45, 7) is 1.99. The average molecular weight is 352 g/mol. The van der Waals surface area contributed by atoms with E-state index >= 15 is 0 Å². The van der Waals surface area contributed by atoms with Crippen LogP contribution < -0.4 is 4.90 Å². The standard InChI is InChI=1S/C19H17N3O2S/c1-2-8-18-14(5-1)20-19(25-18)15-6-3-9-22(15)12-13-11-17(24-21-13)16-7-4-10-23-16/h1-2,4-5,7-8,10-11,15H,3,6,9,12H2/p+1/t15-/m1/s1. The molecule has 6 heteroatoms. The zero-order chi connectivity index (χ0) is 16.6. The largest absolute Gasteiger partial charge is 0.461 e. The van der Waals surface area contributed by atoms with Gasteiger partial charge in [-0.3, -0.25) is 0 Å². The van der Waals surface area contributed by atoms with Crippen molar-refractivity contribution in [3.05, 3.63) is 59.4 Å². The van der Waals surface area contributed by atoms with E-state index in [0.717, 1.165) is 30.1 Å². The molecule has 1 fully saturated rings. The Bertz CT molecular complexity index is 956. The molecule has 0 aliphatic carbocycles. The first-order chi connectivity index (χ1) is 12.4. The van der Waals surface area contributed by atoms with E-state index in [9.17, 15) is 0 Å². The number of fused-ring (bicyclic) bond motifs is 1. The first-order valence-corrected chi connectivity index (χ1v) is 9.38. The van der Waals surface area contributed by atoms with E-state index in [1.54, 1.807) is 6.26 Å². The fourth-order valence-electron chi connectivity index (χ4n) is 3.62. The lowest BCUT2D eigenvalue weighted by molar-refractivity contribution is -0.932. The number of aromatic nitrogens is 2. The number of para-hydroxylation sites is 1. The van der Waals surface area contributed by atoms with Crippen LogP contribution in [-0.4, -0.2) is 16.7 Å². The molecule has 1 aliphatic rings. The zero-order valence-corrected chi connectivity index (χ0v) is 14.5. The van der Waals surface area contributed by atoms with Crippen LogP contribution in [0.2, 0.25) is 0 Å². The minimum absolute atomic E-state index is 0.446. The smallest absolute Gasteiger partial charge is 0.202 e. The third-order valence-corrected chi connectivity index (χ3v) is 5.97. The molecule has 25 heavy (non-hydrogen) atoms. The Morgan fingerprint density at radius 2 is 2.12 bits per heavy atom. The second-order valence-corrected chi connectivity index (χ2v) is 7.52. The Kier molecular flexibility index (Phi) is 3.64. The summed E-state index contributed by atoms with van der Waals surface area (Å²) in [6, 6.07) is 14.5. The highest BCUT2D eigenvalue weighted by atomic mass is 32.1. The molecular weight excluding hydrogens is 334 g/mol. The first-order valence-electron chi connectivity index (χ1n) is 8.56. The first kappa shape index (κ1) is 14.9. The highest BCUT2D eigenvalue weighted by molar-refractivity contribution is 7.18. The summed E-state index contributed by atoms with van der Waals surface area (Å²) < 4.78 is 12.1. The van der Waals surface area contributed by atoms with E-state index in [1.807, 2.05) is 29.5 Å². The van der Waals surface area contributed by atoms with E-state index in [1.165, 1.54) is 27.4 Å². The van der Waals surface area contributed by atoms with E-state index in [2.05, 4.69) is 29.4 Å². The lowest BCUT2D eigenvalue weighted by Gasteiger charge is -2.18. The fraction of sp³-hybridized carbons (Fsp3) is 0.263. The van der Waals surface area contributed by atoms with Crippen LogP contribution in [0, 0.1) is 0 Å². The van der Waals surface area contributed by atoms with Gasteiger partial charge in [-0.05, 0) is 24.3 Å². The minimum Gasteiger partial charge on any atom is -0.461 e. The number of hydrogen-bond acceptors (Lipinski definition) is 5. The van der Waals surface area contributed by atoms with Gasteiger partial charge >= 0.3 is 0 Å². The number of furan rings is 1. The van der Waals surface area contributed by atoms with E-state index in [-0.39, 0.29) is 0 Å². The molecule has 4 heterocycles. The average Bonchev–Trinajstić information content (AvgIpc) is 3.41. The number of benzene rings is 1. The van der Waals surface area contributed by atoms with Gasteiger partial charge in [0.25, 0.3) is 0 Å².